The molecule has 15 N–H and O–H groups in total. The Morgan fingerprint density at radius 3 is 1.07 bits per heavy atom. The fraction of sp³-hybridized carbons (Fsp3) is 0.875. The van der Waals surface area contributed by atoms with Crippen LogP contribution in [0.5, 0.6) is 0 Å². The first-order valence-electron chi connectivity index (χ1n) is 34.4. The third kappa shape index (κ3) is 36.1. The van der Waals surface area contributed by atoms with Crippen LogP contribution >= 0.6 is 0 Å². The number of ether oxygens (including phenoxy) is 13. The Morgan fingerprint density at radius 1 is 0.360 bits per heavy atom. The molecule has 0 radical (unpaired) electrons. The number of amides is 6. The number of methoxy groups -OCH3 is 1. The lowest BCUT2D eigenvalue weighted by Gasteiger charge is -2.42. The van der Waals surface area contributed by atoms with Gasteiger partial charge < -0.3 is 139 Å². The van der Waals surface area contributed by atoms with E-state index in [4.69, 9.17) is 61.6 Å². The van der Waals surface area contributed by atoms with E-state index in [0.29, 0.717) is 32.4 Å². The summed E-state index contributed by atoms with van der Waals surface area (Å²) in [5, 5.41) is 107. The van der Waals surface area contributed by atoms with E-state index >= 15 is 0 Å². The standard InChI is InChI=1S/C64H114N6O30/c1-41(74)67-52-58(85)55(82)46(38-71)98-61(52)95-35-32-92-29-26-89-23-7-10-44(77)15-18-64(70-51(81)13-5-12-49(79)65-20-9-22-88-4,19-16-45(78)11-8-24-90-27-30-93-33-36-96-62-53(68-42(2)75)59(86)56(83)47(39-72)99-62)17-6-14-50(80)66-21-25-91-28-31-94-34-37-97-63-54(69-43(3)76)60(87)57(84)48(40-73)100-63/h46-48,52-63,71-73,82-87H,5-40H2,1-4H3,(H,65,79)(H,66,80)(H,67,74)(H,68,75)(H,69,76)(H,70,81). The molecule has 3 aliphatic heterocycles. The van der Waals surface area contributed by atoms with Crippen LogP contribution in [0.2, 0.25) is 0 Å². The summed E-state index contributed by atoms with van der Waals surface area (Å²) in [5.41, 5.74) is -1.14. The van der Waals surface area contributed by atoms with Crippen LogP contribution in [0.25, 0.3) is 0 Å². The maximum Gasteiger partial charge on any atom is 0.220 e. The fourth-order valence-electron chi connectivity index (χ4n) is 11.0. The lowest BCUT2D eigenvalue weighted by Crippen LogP contribution is -2.64. The van der Waals surface area contributed by atoms with Crippen molar-refractivity contribution in [3.05, 3.63) is 0 Å². The molecule has 6 amide bonds. The quantitative estimate of drug-likeness (QED) is 0.0253. The van der Waals surface area contributed by atoms with Crippen LogP contribution in [0, 0.1) is 0 Å². The largest absolute Gasteiger partial charge is 0.394 e. The van der Waals surface area contributed by atoms with E-state index in [-0.39, 0.29) is 206 Å². The molecule has 3 rings (SSSR count). The van der Waals surface area contributed by atoms with Crippen molar-refractivity contribution in [3.8, 4) is 0 Å². The van der Waals surface area contributed by atoms with Crippen LogP contribution in [0.1, 0.15) is 117 Å². The molecule has 3 aliphatic rings. The molecule has 15 atom stereocenters. The fourth-order valence-corrected chi connectivity index (χ4v) is 11.0. The van der Waals surface area contributed by atoms with Gasteiger partial charge in [0.25, 0.3) is 0 Å². The lowest BCUT2D eigenvalue weighted by molar-refractivity contribution is -0.272. The number of rotatable bonds is 57. The molecule has 15 unspecified atom stereocenters. The minimum Gasteiger partial charge on any atom is -0.394 e. The number of hydrogen-bond donors (Lipinski definition) is 15. The van der Waals surface area contributed by atoms with Gasteiger partial charge in [0.05, 0.1) is 106 Å². The molecule has 0 aromatic heterocycles. The first kappa shape index (κ1) is 89.5. The van der Waals surface area contributed by atoms with Crippen LogP contribution in [-0.4, -0.2) is 336 Å². The van der Waals surface area contributed by atoms with Crippen LogP contribution in [0.4, 0.5) is 0 Å². The van der Waals surface area contributed by atoms with E-state index in [9.17, 15) is 84.3 Å². The Kier molecular flexibility index (Phi) is 46.8. The monoisotopic (exact) mass is 1450 g/mol. The predicted molar refractivity (Wildman–Crippen MR) is 347 cm³/mol. The van der Waals surface area contributed by atoms with Gasteiger partial charge in [-0.15, -0.1) is 0 Å². The maximum absolute atomic E-state index is 13.9. The molecule has 100 heavy (non-hydrogen) atoms. The van der Waals surface area contributed by atoms with E-state index in [1.165, 1.54) is 20.8 Å². The molecular formula is C64H114N6O30. The molecule has 0 saturated carbocycles. The summed E-state index contributed by atoms with van der Waals surface area (Å²) in [5.74, 6) is -2.74. The number of aliphatic hydroxyl groups is 9. The zero-order valence-corrected chi connectivity index (χ0v) is 58.2. The van der Waals surface area contributed by atoms with Crippen molar-refractivity contribution >= 4 is 47.0 Å². The smallest absolute Gasteiger partial charge is 0.220 e. The topological polar surface area (TPSA) is 511 Å². The Labute approximate surface area is 583 Å². The van der Waals surface area contributed by atoms with Gasteiger partial charge in [0.15, 0.2) is 18.9 Å². The second-order valence-corrected chi connectivity index (χ2v) is 24.5. The third-order valence-corrected chi connectivity index (χ3v) is 16.3. The van der Waals surface area contributed by atoms with Crippen LogP contribution in [0.3, 0.4) is 0 Å². The first-order valence-corrected chi connectivity index (χ1v) is 34.4. The molecule has 0 aromatic rings. The van der Waals surface area contributed by atoms with Crippen LogP contribution < -0.4 is 31.9 Å². The summed E-state index contributed by atoms with van der Waals surface area (Å²) in [4.78, 5) is 102. The van der Waals surface area contributed by atoms with Crippen molar-refractivity contribution in [2.24, 2.45) is 0 Å². The van der Waals surface area contributed by atoms with E-state index in [1.807, 2.05) is 0 Å². The Balaban J connectivity index is 1.57. The highest BCUT2D eigenvalue weighted by Gasteiger charge is 2.48. The molecule has 36 heteroatoms. The van der Waals surface area contributed by atoms with E-state index in [0.717, 1.165) is 0 Å². The van der Waals surface area contributed by atoms with Gasteiger partial charge in [0, 0.05) is 111 Å². The summed E-state index contributed by atoms with van der Waals surface area (Å²) < 4.78 is 72.4. The molecular weight excluding hydrogens is 1330 g/mol. The van der Waals surface area contributed by atoms with Crippen molar-refractivity contribution in [2.75, 3.05) is 146 Å². The summed E-state index contributed by atoms with van der Waals surface area (Å²) >= 11 is 0. The average Bonchev–Trinajstić information content (AvgIpc) is 0.822. The number of aliphatic hydroxyl groups excluding tert-OH is 9. The van der Waals surface area contributed by atoms with Gasteiger partial charge in [-0.05, 0) is 51.4 Å². The second kappa shape index (κ2) is 52.3. The molecule has 0 bridgehead atoms. The average molecular weight is 1450 g/mol. The number of Topliss-reactive ketones (excluding diaryl/α,β-unsaturated/α-hetero) is 2. The van der Waals surface area contributed by atoms with Crippen molar-refractivity contribution in [2.45, 2.75) is 215 Å². The number of nitrogens with one attached hydrogen (secondary N) is 6. The molecule has 36 nitrogen and oxygen atoms in total. The molecule has 0 aromatic carbocycles. The van der Waals surface area contributed by atoms with Crippen molar-refractivity contribution < 1.29 is 146 Å². The first-order chi connectivity index (χ1) is 48.0. The third-order valence-electron chi connectivity index (χ3n) is 16.3. The predicted octanol–water partition coefficient (Wildman–Crippen LogP) is -5.31. The van der Waals surface area contributed by atoms with E-state index in [2.05, 4.69) is 31.9 Å². The van der Waals surface area contributed by atoms with Crippen LogP contribution in [-0.2, 0) is 99.9 Å². The molecule has 3 saturated heterocycles. The molecule has 0 spiro atoms. The Hall–Kier alpha value is -4.72. The molecule has 3 heterocycles. The van der Waals surface area contributed by atoms with Gasteiger partial charge >= 0.3 is 0 Å². The second-order valence-electron chi connectivity index (χ2n) is 24.5. The normalized spacial score (nSPS) is 25.9. The van der Waals surface area contributed by atoms with E-state index in [1.54, 1.807) is 7.11 Å². The number of carbonyl (C=O) groups excluding carboxylic acids is 8. The highest BCUT2D eigenvalue weighted by molar-refractivity contribution is 5.81. The van der Waals surface area contributed by atoms with Crippen molar-refractivity contribution in [3.63, 3.8) is 0 Å². The van der Waals surface area contributed by atoms with Crippen molar-refractivity contribution in [1.29, 1.82) is 0 Å². The molecule has 0 aliphatic carbocycles. The zero-order chi connectivity index (χ0) is 73.7. The van der Waals surface area contributed by atoms with Gasteiger partial charge in [0.1, 0.15) is 84.6 Å². The van der Waals surface area contributed by atoms with Gasteiger partial charge in [0.2, 0.25) is 35.4 Å². The van der Waals surface area contributed by atoms with Crippen molar-refractivity contribution in [1.82, 2.24) is 31.9 Å². The van der Waals surface area contributed by atoms with Crippen LogP contribution in [0.15, 0.2) is 0 Å². The summed E-state index contributed by atoms with van der Waals surface area (Å²) in [6.07, 6.45) is -13.3. The SMILES string of the molecule is COCCCNC(=O)CCCC(=O)NC(CCCC(=O)NCCOCCOCCOC1OC(CO)C(O)C(O)C1NC(C)=O)(CCC(=O)CCCOCCOCCOC1OC(CO)C(O)C(O)C1NC(C)=O)CCC(=O)CCCOCCOCCOC1OC(CO)C(O)C(O)C1NC(C)=O. The van der Waals surface area contributed by atoms with Gasteiger partial charge in [-0.2, -0.15) is 0 Å². The highest BCUT2D eigenvalue weighted by atomic mass is 16.7. The Morgan fingerprint density at radius 2 is 0.700 bits per heavy atom. The molecule has 580 valence electrons. The van der Waals surface area contributed by atoms with E-state index < -0.39 is 141 Å². The molecule has 3 fully saturated rings. The number of ketones is 2. The number of hydrogen-bond acceptors (Lipinski definition) is 30. The summed E-state index contributed by atoms with van der Waals surface area (Å²) in [6.45, 7) is 4.41. The lowest BCUT2D eigenvalue weighted by atomic mass is 9.81. The maximum atomic E-state index is 13.9. The Bertz CT molecular complexity index is 2240. The van der Waals surface area contributed by atoms with Gasteiger partial charge in [-0.1, -0.05) is 0 Å². The zero-order valence-electron chi connectivity index (χ0n) is 58.2. The minimum atomic E-state index is -1.47. The number of carbonyl (C=O) groups is 8. The van der Waals surface area contributed by atoms with Gasteiger partial charge in [-0.3, -0.25) is 38.4 Å². The summed E-state index contributed by atoms with van der Waals surface area (Å²) in [7, 11) is 1.56. The minimum absolute atomic E-state index is 0.00387. The summed E-state index contributed by atoms with van der Waals surface area (Å²) in [6, 6.07) is -3.31. The highest BCUT2D eigenvalue weighted by Crippen LogP contribution is 2.30. The van der Waals surface area contributed by atoms with Gasteiger partial charge in [-0.25, -0.2) is 0 Å².